The fourth-order valence-electron chi connectivity index (χ4n) is 2.98. The maximum absolute atomic E-state index is 13.2. The quantitative estimate of drug-likeness (QED) is 0.902. The van der Waals surface area contributed by atoms with Crippen LogP contribution in [-0.4, -0.2) is 53.6 Å². The van der Waals surface area contributed by atoms with Gasteiger partial charge in [-0.15, -0.1) is 0 Å². The van der Waals surface area contributed by atoms with Crippen LogP contribution in [0.15, 0.2) is 18.2 Å². The van der Waals surface area contributed by atoms with Gasteiger partial charge in [0.15, 0.2) is 0 Å². The molecule has 22 heavy (non-hydrogen) atoms. The predicted molar refractivity (Wildman–Crippen MR) is 84.6 cm³/mol. The van der Waals surface area contributed by atoms with Crippen LogP contribution in [0.2, 0.25) is 5.02 Å². The van der Waals surface area contributed by atoms with E-state index >= 15 is 0 Å². The van der Waals surface area contributed by atoms with Gasteiger partial charge in [0.25, 0.3) is 0 Å². The summed E-state index contributed by atoms with van der Waals surface area (Å²) in [5.41, 5.74) is 1.00. The van der Waals surface area contributed by atoms with Gasteiger partial charge in [-0.1, -0.05) is 17.7 Å². The van der Waals surface area contributed by atoms with Gasteiger partial charge in [0.1, 0.15) is 5.82 Å². The topological polar surface area (TPSA) is 43.8 Å². The monoisotopic (exact) mass is 328 g/mol. The zero-order chi connectivity index (χ0) is 16.1. The molecule has 1 N–H and O–H groups in total. The molecule has 1 heterocycles. The Bertz CT molecular complexity index is 527. The maximum Gasteiger partial charge on any atom is 0.317 e. The summed E-state index contributed by atoms with van der Waals surface area (Å²) >= 11 is 5.82. The van der Waals surface area contributed by atoms with E-state index in [1.165, 1.54) is 6.07 Å². The number of rotatable bonds is 5. The second-order valence-electron chi connectivity index (χ2n) is 5.92. The van der Waals surface area contributed by atoms with Gasteiger partial charge >= 0.3 is 5.97 Å². The summed E-state index contributed by atoms with van der Waals surface area (Å²) in [6.45, 7) is 2.70. The summed E-state index contributed by atoms with van der Waals surface area (Å²) in [6, 6.07) is 5.15. The third-order valence-corrected chi connectivity index (χ3v) is 4.48. The Balaban J connectivity index is 1.89. The first-order chi connectivity index (χ1) is 10.5. The third kappa shape index (κ3) is 4.93. The lowest BCUT2D eigenvalue weighted by molar-refractivity contribution is -0.138. The van der Waals surface area contributed by atoms with Crippen molar-refractivity contribution in [2.45, 2.75) is 31.8 Å². The predicted octanol–water partition coefficient (Wildman–Crippen LogP) is 2.85. The van der Waals surface area contributed by atoms with Gasteiger partial charge in [-0.2, -0.15) is 0 Å². The molecule has 1 unspecified atom stereocenters. The number of carbonyl (C=O) groups is 1. The van der Waals surface area contributed by atoms with Crippen molar-refractivity contribution in [1.82, 2.24) is 9.80 Å². The first-order valence-electron chi connectivity index (χ1n) is 7.54. The molecule has 2 rings (SSSR count). The lowest BCUT2D eigenvalue weighted by Crippen LogP contribution is -2.36. The molecule has 0 radical (unpaired) electrons. The number of nitrogens with zero attached hydrogens (tertiary/aromatic N) is 2. The zero-order valence-corrected chi connectivity index (χ0v) is 13.5. The summed E-state index contributed by atoms with van der Waals surface area (Å²) in [7, 11) is 1.87. The highest BCUT2D eigenvalue weighted by molar-refractivity contribution is 6.30. The number of hydrogen-bond acceptors (Lipinski definition) is 3. The van der Waals surface area contributed by atoms with Crippen molar-refractivity contribution < 1.29 is 14.3 Å². The second-order valence-corrected chi connectivity index (χ2v) is 6.33. The second kappa shape index (κ2) is 7.90. The molecule has 122 valence electrons. The Morgan fingerprint density at radius 1 is 1.45 bits per heavy atom. The van der Waals surface area contributed by atoms with Crippen LogP contribution < -0.4 is 0 Å². The molecule has 4 nitrogen and oxygen atoms in total. The van der Waals surface area contributed by atoms with Crippen LogP contribution in [0, 0.1) is 5.82 Å². The van der Waals surface area contributed by atoms with Gasteiger partial charge in [0.2, 0.25) is 0 Å². The van der Waals surface area contributed by atoms with Crippen LogP contribution in [0.1, 0.15) is 24.8 Å². The number of carboxylic acid groups (broad SMARTS) is 1. The molecule has 1 aliphatic rings. The Kier molecular flexibility index (Phi) is 6.17. The van der Waals surface area contributed by atoms with Gasteiger partial charge in [-0.25, -0.2) is 4.39 Å². The molecule has 0 saturated carbocycles. The van der Waals surface area contributed by atoms with E-state index in [0.717, 1.165) is 44.5 Å². The maximum atomic E-state index is 13.2. The minimum atomic E-state index is -0.787. The first-order valence-corrected chi connectivity index (χ1v) is 7.92. The molecule has 6 heteroatoms. The van der Waals surface area contributed by atoms with Crippen LogP contribution in [0.25, 0.3) is 0 Å². The number of aliphatic carboxylic acids is 1. The Labute approximate surface area is 135 Å². The van der Waals surface area contributed by atoms with Gasteiger partial charge in [-0.05, 0) is 57.1 Å². The summed E-state index contributed by atoms with van der Waals surface area (Å²) in [4.78, 5) is 15.0. The molecule has 0 bridgehead atoms. The Hall–Kier alpha value is -1.17. The molecule has 1 atom stereocenters. The van der Waals surface area contributed by atoms with Crippen LogP contribution in [0.3, 0.4) is 0 Å². The average molecular weight is 329 g/mol. The number of likely N-dealkylation sites (N-methyl/N-ethyl adjacent to an activating group) is 1. The summed E-state index contributed by atoms with van der Waals surface area (Å²) in [5, 5.41) is 9.04. The molecule has 1 saturated heterocycles. The minimum absolute atomic E-state index is 0.0816. The number of benzene rings is 1. The molecule has 1 aliphatic heterocycles. The SMILES string of the molecule is CN(CC(=O)O)C1CCCN(Cc2ccc(F)c(Cl)c2)CC1. The minimum Gasteiger partial charge on any atom is -0.480 e. The van der Waals surface area contributed by atoms with E-state index in [1.807, 2.05) is 11.9 Å². The van der Waals surface area contributed by atoms with Crippen LogP contribution in [0.4, 0.5) is 4.39 Å². The fraction of sp³-hybridized carbons (Fsp3) is 0.562. The third-order valence-electron chi connectivity index (χ3n) is 4.19. The molecular formula is C16H22ClFN2O2. The Morgan fingerprint density at radius 3 is 2.91 bits per heavy atom. The molecule has 1 aromatic carbocycles. The molecule has 0 spiro atoms. The van der Waals surface area contributed by atoms with E-state index in [-0.39, 0.29) is 11.6 Å². The molecule has 0 aliphatic carbocycles. The standard InChI is InChI=1S/C16H22ClFN2O2/c1-19(11-16(21)22)13-3-2-7-20(8-6-13)10-12-4-5-15(18)14(17)9-12/h4-5,9,13H,2-3,6-8,10-11H2,1H3,(H,21,22). The molecular weight excluding hydrogens is 307 g/mol. The summed E-state index contributed by atoms with van der Waals surface area (Å²) in [6.07, 6.45) is 2.98. The summed E-state index contributed by atoms with van der Waals surface area (Å²) < 4.78 is 13.2. The fourth-order valence-corrected chi connectivity index (χ4v) is 3.18. The van der Waals surface area contributed by atoms with Gasteiger partial charge in [-0.3, -0.25) is 14.6 Å². The van der Waals surface area contributed by atoms with Gasteiger partial charge in [0, 0.05) is 12.6 Å². The molecule has 1 aromatic rings. The van der Waals surface area contributed by atoms with Crippen molar-refractivity contribution >= 4 is 17.6 Å². The van der Waals surface area contributed by atoms with Crippen LogP contribution in [0.5, 0.6) is 0 Å². The van der Waals surface area contributed by atoms with E-state index in [9.17, 15) is 9.18 Å². The normalized spacial score (nSPS) is 20.1. The zero-order valence-electron chi connectivity index (χ0n) is 12.8. The van der Waals surface area contributed by atoms with Crippen molar-refractivity contribution in [3.05, 3.63) is 34.6 Å². The Morgan fingerprint density at radius 2 is 2.23 bits per heavy atom. The first kappa shape index (κ1) is 17.2. The van der Waals surface area contributed by atoms with Crippen molar-refractivity contribution in [3.63, 3.8) is 0 Å². The largest absolute Gasteiger partial charge is 0.480 e. The average Bonchev–Trinajstić information content (AvgIpc) is 2.68. The van der Waals surface area contributed by atoms with Crippen molar-refractivity contribution in [2.24, 2.45) is 0 Å². The molecule has 1 fully saturated rings. The number of likely N-dealkylation sites (tertiary alicyclic amines) is 1. The van der Waals surface area contributed by atoms with E-state index in [0.29, 0.717) is 6.04 Å². The lowest BCUT2D eigenvalue weighted by Gasteiger charge is -2.25. The smallest absolute Gasteiger partial charge is 0.317 e. The highest BCUT2D eigenvalue weighted by Gasteiger charge is 2.21. The van der Waals surface area contributed by atoms with Crippen LogP contribution in [-0.2, 0) is 11.3 Å². The van der Waals surface area contributed by atoms with E-state index in [2.05, 4.69) is 4.90 Å². The van der Waals surface area contributed by atoms with E-state index in [1.54, 1.807) is 12.1 Å². The number of halogens is 2. The van der Waals surface area contributed by atoms with E-state index < -0.39 is 11.8 Å². The van der Waals surface area contributed by atoms with Crippen LogP contribution >= 0.6 is 11.6 Å². The molecule has 0 aromatic heterocycles. The van der Waals surface area contributed by atoms with Crippen molar-refractivity contribution in [3.8, 4) is 0 Å². The van der Waals surface area contributed by atoms with Crippen molar-refractivity contribution in [2.75, 3.05) is 26.7 Å². The molecule has 0 amide bonds. The van der Waals surface area contributed by atoms with Gasteiger partial charge < -0.3 is 5.11 Å². The van der Waals surface area contributed by atoms with E-state index in [4.69, 9.17) is 16.7 Å². The highest BCUT2D eigenvalue weighted by atomic mass is 35.5. The highest BCUT2D eigenvalue weighted by Crippen LogP contribution is 2.20. The lowest BCUT2D eigenvalue weighted by atomic mass is 10.1. The van der Waals surface area contributed by atoms with Crippen molar-refractivity contribution in [1.29, 1.82) is 0 Å². The summed E-state index contributed by atoms with van der Waals surface area (Å²) in [5.74, 6) is -1.18. The van der Waals surface area contributed by atoms with Gasteiger partial charge in [0.05, 0.1) is 11.6 Å². The number of hydrogen-bond donors (Lipinski definition) is 1. The number of carboxylic acids is 1.